The number of rotatable bonds is 5. The van der Waals surface area contributed by atoms with Gasteiger partial charge in [-0.25, -0.2) is 4.68 Å². The summed E-state index contributed by atoms with van der Waals surface area (Å²) in [6.07, 6.45) is 1.58. The molecule has 0 spiro atoms. The van der Waals surface area contributed by atoms with E-state index in [9.17, 15) is 9.90 Å². The van der Waals surface area contributed by atoms with Gasteiger partial charge < -0.3 is 15.2 Å². The molecular weight excluding hydrogens is 401 g/mol. The molecule has 26 heavy (non-hydrogen) atoms. The van der Waals surface area contributed by atoms with Crippen LogP contribution in [0.2, 0.25) is 15.1 Å². The number of nitrogens with one attached hydrogen (secondary N) is 1. The predicted molar refractivity (Wildman–Crippen MR) is 100 cm³/mol. The largest absolute Gasteiger partial charge is 0.506 e. The molecule has 3 aromatic rings. The maximum atomic E-state index is 12.2. The van der Waals surface area contributed by atoms with E-state index < -0.39 is 5.91 Å². The number of aromatic hydroxyl groups is 1. The number of aromatic nitrogens is 2. The highest BCUT2D eigenvalue weighted by molar-refractivity contribution is 6.35. The molecule has 0 saturated heterocycles. The third kappa shape index (κ3) is 4.40. The van der Waals surface area contributed by atoms with Crippen molar-refractivity contribution in [1.82, 2.24) is 9.78 Å². The van der Waals surface area contributed by atoms with Gasteiger partial charge in [-0.3, -0.25) is 4.79 Å². The summed E-state index contributed by atoms with van der Waals surface area (Å²) in [5.74, 6) is -0.143. The number of hydrogen-bond donors (Lipinski definition) is 2. The SMILES string of the molecule is O=C(Nc1cc(Cl)ccc1O)c1ccn(COc2ccc(Cl)cc2Cl)n1. The molecule has 0 unspecified atom stereocenters. The molecular formula is C17H12Cl3N3O3. The van der Waals surface area contributed by atoms with Gasteiger partial charge in [0.2, 0.25) is 0 Å². The van der Waals surface area contributed by atoms with Crippen LogP contribution < -0.4 is 10.1 Å². The summed E-state index contributed by atoms with van der Waals surface area (Å²) in [6.45, 7) is 0.0526. The summed E-state index contributed by atoms with van der Waals surface area (Å²) in [6, 6.07) is 10.7. The fourth-order valence-corrected chi connectivity index (χ4v) is 2.71. The number of halogens is 3. The molecule has 9 heteroatoms. The summed E-state index contributed by atoms with van der Waals surface area (Å²) in [4.78, 5) is 12.2. The van der Waals surface area contributed by atoms with E-state index in [1.807, 2.05) is 0 Å². The molecule has 1 heterocycles. The van der Waals surface area contributed by atoms with Gasteiger partial charge in [0.1, 0.15) is 11.5 Å². The highest BCUT2D eigenvalue weighted by atomic mass is 35.5. The van der Waals surface area contributed by atoms with Crippen LogP contribution in [0.15, 0.2) is 48.7 Å². The summed E-state index contributed by atoms with van der Waals surface area (Å²) >= 11 is 17.7. The maximum absolute atomic E-state index is 12.2. The number of hydrogen-bond acceptors (Lipinski definition) is 4. The van der Waals surface area contributed by atoms with Gasteiger partial charge >= 0.3 is 0 Å². The second-order valence-electron chi connectivity index (χ2n) is 5.20. The first kappa shape index (κ1) is 18.4. The Balaban J connectivity index is 1.65. The van der Waals surface area contributed by atoms with Crippen LogP contribution in [-0.2, 0) is 6.73 Å². The van der Waals surface area contributed by atoms with Crippen molar-refractivity contribution in [2.75, 3.05) is 5.32 Å². The van der Waals surface area contributed by atoms with E-state index in [0.29, 0.717) is 20.8 Å². The van der Waals surface area contributed by atoms with Crippen molar-refractivity contribution in [2.24, 2.45) is 0 Å². The first-order valence-electron chi connectivity index (χ1n) is 7.33. The molecule has 0 aliphatic carbocycles. The molecule has 0 radical (unpaired) electrons. The van der Waals surface area contributed by atoms with Gasteiger partial charge in [0, 0.05) is 16.2 Å². The number of carbonyl (C=O) groups is 1. The Kier molecular flexibility index (Phi) is 5.56. The monoisotopic (exact) mass is 411 g/mol. The molecule has 0 bridgehead atoms. The highest BCUT2D eigenvalue weighted by Gasteiger charge is 2.13. The van der Waals surface area contributed by atoms with Crippen molar-refractivity contribution >= 4 is 46.4 Å². The zero-order chi connectivity index (χ0) is 18.7. The van der Waals surface area contributed by atoms with Gasteiger partial charge in [0.25, 0.3) is 5.91 Å². The fourth-order valence-electron chi connectivity index (χ4n) is 2.08. The molecule has 1 aromatic heterocycles. The van der Waals surface area contributed by atoms with Crippen molar-refractivity contribution in [3.63, 3.8) is 0 Å². The molecule has 3 rings (SSSR count). The van der Waals surface area contributed by atoms with Crippen LogP contribution in [0.1, 0.15) is 10.5 Å². The average molecular weight is 413 g/mol. The quantitative estimate of drug-likeness (QED) is 0.588. The second kappa shape index (κ2) is 7.86. The summed E-state index contributed by atoms with van der Waals surface area (Å²) < 4.78 is 6.97. The number of amides is 1. The lowest BCUT2D eigenvalue weighted by Gasteiger charge is -2.08. The van der Waals surface area contributed by atoms with Crippen molar-refractivity contribution in [3.8, 4) is 11.5 Å². The second-order valence-corrected chi connectivity index (χ2v) is 6.48. The van der Waals surface area contributed by atoms with Gasteiger partial charge in [-0.05, 0) is 42.5 Å². The number of ether oxygens (including phenoxy) is 1. The van der Waals surface area contributed by atoms with Gasteiger partial charge in [0.15, 0.2) is 12.4 Å². The van der Waals surface area contributed by atoms with E-state index >= 15 is 0 Å². The molecule has 2 N–H and O–H groups in total. The zero-order valence-electron chi connectivity index (χ0n) is 13.1. The Morgan fingerprint density at radius 2 is 1.85 bits per heavy atom. The molecule has 0 aliphatic rings. The Morgan fingerprint density at radius 1 is 1.12 bits per heavy atom. The number of benzene rings is 2. The minimum atomic E-state index is -0.495. The van der Waals surface area contributed by atoms with E-state index in [1.54, 1.807) is 24.4 Å². The Morgan fingerprint density at radius 3 is 2.62 bits per heavy atom. The first-order chi connectivity index (χ1) is 12.4. The van der Waals surface area contributed by atoms with Crippen molar-refractivity contribution in [1.29, 1.82) is 0 Å². The fraction of sp³-hybridized carbons (Fsp3) is 0.0588. The topological polar surface area (TPSA) is 76.4 Å². The normalized spacial score (nSPS) is 10.6. The Hall–Kier alpha value is -2.41. The van der Waals surface area contributed by atoms with Gasteiger partial charge in [-0.1, -0.05) is 34.8 Å². The van der Waals surface area contributed by atoms with Crippen LogP contribution in [-0.4, -0.2) is 20.8 Å². The minimum Gasteiger partial charge on any atom is -0.506 e. The standard InChI is InChI=1S/C17H12Cl3N3O3/c18-10-2-4-16(12(20)7-10)26-9-23-6-5-13(22-23)17(25)21-14-8-11(19)1-3-15(14)24/h1-8,24H,9H2,(H,21,25). The van der Waals surface area contributed by atoms with Crippen LogP contribution >= 0.6 is 34.8 Å². The lowest BCUT2D eigenvalue weighted by Crippen LogP contribution is -2.14. The van der Waals surface area contributed by atoms with Gasteiger partial charge in [-0.15, -0.1) is 0 Å². The summed E-state index contributed by atoms with van der Waals surface area (Å²) in [5.41, 5.74) is 0.344. The van der Waals surface area contributed by atoms with Crippen LogP contribution in [0.25, 0.3) is 0 Å². The number of nitrogens with zero attached hydrogens (tertiary/aromatic N) is 2. The molecule has 0 aliphatic heterocycles. The number of carbonyl (C=O) groups excluding carboxylic acids is 1. The lowest BCUT2D eigenvalue weighted by atomic mass is 10.3. The molecule has 6 nitrogen and oxygen atoms in total. The number of phenols is 1. The molecule has 0 fully saturated rings. The predicted octanol–water partition coefficient (Wildman–Crippen LogP) is 4.84. The third-order valence-electron chi connectivity index (χ3n) is 3.33. The van der Waals surface area contributed by atoms with Crippen LogP contribution in [0.5, 0.6) is 11.5 Å². The van der Waals surface area contributed by atoms with E-state index in [4.69, 9.17) is 39.5 Å². The van der Waals surface area contributed by atoms with Crippen molar-refractivity contribution < 1.29 is 14.6 Å². The Labute approximate surface area is 163 Å². The van der Waals surface area contributed by atoms with E-state index in [1.165, 1.54) is 28.9 Å². The van der Waals surface area contributed by atoms with E-state index in [-0.39, 0.29) is 23.9 Å². The van der Waals surface area contributed by atoms with Crippen molar-refractivity contribution in [2.45, 2.75) is 6.73 Å². The number of anilines is 1. The lowest BCUT2D eigenvalue weighted by molar-refractivity contribution is 0.102. The third-order valence-corrected chi connectivity index (χ3v) is 4.09. The number of phenolic OH excluding ortho intramolecular Hbond substituents is 1. The van der Waals surface area contributed by atoms with Gasteiger partial charge in [-0.2, -0.15) is 5.10 Å². The van der Waals surface area contributed by atoms with Crippen LogP contribution in [0.3, 0.4) is 0 Å². The Bertz CT molecular complexity index is 959. The summed E-state index contributed by atoms with van der Waals surface area (Å²) in [7, 11) is 0. The van der Waals surface area contributed by atoms with Gasteiger partial charge in [0.05, 0.1) is 10.7 Å². The maximum Gasteiger partial charge on any atom is 0.276 e. The molecule has 0 saturated carbocycles. The summed E-state index contributed by atoms with van der Waals surface area (Å²) in [5, 5.41) is 17.7. The minimum absolute atomic E-state index is 0.0526. The van der Waals surface area contributed by atoms with E-state index in [2.05, 4.69) is 10.4 Å². The average Bonchev–Trinajstić information content (AvgIpc) is 3.06. The molecule has 1 amide bonds. The molecule has 0 atom stereocenters. The zero-order valence-corrected chi connectivity index (χ0v) is 15.4. The molecule has 134 valence electrons. The highest BCUT2D eigenvalue weighted by Crippen LogP contribution is 2.28. The van der Waals surface area contributed by atoms with Crippen LogP contribution in [0.4, 0.5) is 5.69 Å². The van der Waals surface area contributed by atoms with E-state index in [0.717, 1.165) is 0 Å². The van der Waals surface area contributed by atoms with Crippen LogP contribution in [0, 0.1) is 0 Å². The van der Waals surface area contributed by atoms with Crippen molar-refractivity contribution in [3.05, 3.63) is 69.4 Å². The smallest absolute Gasteiger partial charge is 0.276 e. The first-order valence-corrected chi connectivity index (χ1v) is 8.47. The molecule has 2 aromatic carbocycles.